The first kappa shape index (κ1) is 25.6. The Morgan fingerprint density at radius 2 is 1.63 bits per heavy atom. The molecule has 9 atom stereocenters. The SMILES string of the molecule is CC12CC[C@@](O)(C(F)(F)F)CC1CCC1C2CCC2(C)C1CC[C@@H]2CCCC(O)c1ccccc1. The molecule has 196 valence electrons. The molecule has 4 fully saturated rings. The molecule has 0 spiro atoms. The maximum Gasteiger partial charge on any atom is 0.417 e. The van der Waals surface area contributed by atoms with Gasteiger partial charge in [0.05, 0.1) is 6.10 Å². The van der Waals surface area contributed by atoms with Crippen LogP contribution in [0.25, 0.3) is 0 Å². The van der Waals surface area contributed by atoms with Crippen LogP contribution in [0.2, 0.25) is 0 Å². The van der Waals surface area contributed by atoms with E-state index in [1.165, 1.54) is 19.3 Å². The topological polar surface area (TPSA) is 40.5 Å². The van der Waals surface area contributed by atoms with Crippen LogP contribution in [0.5, 0.6) is 0 Å². The lowest BCUT2D eigenvalue weighted by Crippen LogP contribution is -2.59. The summed E-state index contributed by atoms with van der Waals surface area (Å²) in [5, 5.41) is 21.0. The molecule has 4 aliphatic carbocycles. The molecule has 0 heterocycles. The molecule has 2 nitrogen and oxygen atoms in total. The average molecular weight is 493 g/mol. The van der Waals surface area contributed by atoms with Crippen molar-refractivity contribution in [2.45, 2.75) is 109 Å². The van der Waals surface area contributed by atoms with Gasteiger partial charge in [0, 0.05) is 0 Å². The van der Waals surface area contributed by atoms with Gasteiger partial charge in [0.25, 0.3) is 0 Å². The third kappa shape index (κ3) is 4.27. The Hall–Kier alpha value is -1.07. The Morgan fingerprint density at radius 3 is 2.34 bits per heavy atom. The van der Waals surface area contributed by atoms with Crippen LogP contribution in [0.4, 0.5) is 13.2 Å². The number of aliphatic hydroxyl groups excluding tert-OH is 1. The fourth-order valence-electron chi connectivity index (χ4n) is 9.49. The highest BCUT2D eigenvalue weighted by atomic mass is 19.4. The van der Waals surface area contributed by atoms with Gasteiger partial charge in [-0.1, -0.05) is 50.6 Å². The second-order valence-electron chi connectivity index (χ2n) is 13.1. The molecule has 1 aromatic carbocycles. The van der Waals surface area contributed by atoms with E-state index in [-0.39, 0.29) is 24.2 Å². The number of rotatable bonds is 5. The summed E-state index contributed by atoms with van der Waals surface area (Å²) < 4.78 is 40.8. The summed E-state index contributed by atoms with van der Waals surface area (Å²) in [4.78, 5) is 0. The molecular weight excluding hydrogens is 449 g/mol. The average Bonchev–Trinajstić information content (AvgIpc) is 3.16. The lowest BCUT2D eigenvalue weighted by molar-refractivity contribution is -0.290. The van der Waals surface area contributed by atoms with Crippen molar-refractivity contribution in [1.82, 2.24) is 0 Å². The summed E-state index contributed by atoms with van der Waals surface area (Å²) in [5.74, 6) is 2.45. The van der Waals surface area contributed by atoms with Crippen molar-refractivity contribution in [1.29, 1.82) is 0 Å². The smallest absolute Gasteiger partial charge is 0.388 e. The predicted molar refractivity (Wildman–Crippen MR) is 131 cm³/mol. The maximum atomic E-state index is 13.6. The molecule has 2 N–H and O–H groups in total. The van der Waals surface area contributed by atoms with Crippen LogP contribution < -0.4 is 0 Å². The highest BCUT2D eigenvalue weighted by Gasteiger charge is 2.64. The van der Waals surface area contributed by atoms with E-state index in [0.717, 1.165) is 44.1 Å². The zero-order valence-electron chi connectivity index (χ0n) is 21.4. The minimum atomic E-state index is -4.52. The van der Waals surface area contributed by atoms with E-state index in [1.807, 2.05) is 30.3 Å². The molecule has 4 aliphatic rings. The number of hydrogen-bond donors (Lipinski definition) is 2. The van der Waals surface area contributed by atoms with E-state index >= 15 is 0 Å². The highest BCUT2D eigenvalue weighted by molar-refractivity contribution is 5.17. The van der Waals surface area contributed by atoms with Crippen molar-refractivity contribution in [2.24, 2.45) is 40.4 Å². The number of fused-ring (bicyclic) bond motifs is 5. The summed E-state index contributed by atoms with van der Waals surface area (Å²) in [5.41, 5.74) is -1.24. The Balaban J connectivity index is 1.23. The van der Waals surface area contributed by atoms with Crippen LogP contribution in [0.1, 0.15) is 103 Å². The minimum Gasteiger partial charge on any atom is -0.388 e. The molecule has 5 heteroatoms. The molecule has 5 rings (SSSR count). The molecule has 7 unspecified atom stereocenters. The second-order valence-corrected chi connectivity index (χ2v) is 13.1. The minimum absolute atomic E-state index is 0.0230. The standard InChI is InChI=1S/C30H43F3O2/c1-27-16-15-25-23(13-11-22-19-29(35,30(31,32)33)18-17-28(22,25)2)24(27)14-12-21(27)9-6-10-26(34)20-7-4-3-5-8-20/h3-5,7-8,21-26,34-35H,6,9-19H2,1-2H3/t21-,22?,23?,24?,25?,26?,27?,28?,29-/m0/s1. The summed E-state index contributed by atoms with van der Waals surface area (Å²) in [6.07, 6.45) is 4.98. The molecule has 0 aromatic heterocycles. The summed E-state index contributed by atoms with van der Waals surface area (Å²) in [6.45, 7) is 4.75. The van der Waals surface area contributed by atoms with Gasteiger partial charge >= 0.3 is 6.18 Å². The fraction of sp³-hybridized carbons (Fsp3) is 0.800. The van der Waals surface area contributed by atoms with E-state index in [9.17, 15) is 23.4 Å². The zero-order chi connectivity index (χ0) is 25.1. The molecule has 0 bridgehead atoms. The van der Waals surface area contributed by atoms with Crippen molar-refractivity contribution in [3.8, 4) is 0 Å². The van der Waals surface area contributed by atoms with Gasteiger partial charge in [0.15, 0.2) is 5.60 Å². The summed E-state index contributed by atoms with van der Waals surface area (Å²) >= 11 is 0. The molecular formula is C30H43F3O2. The van der Waals surface area contributed by atoms with Gasteiger partial charge in [-0.25, -0.2) is 0 Å². The quantitative estimate of drug-likeness (QED) is 0.439. The van der Waals surface area contributed by atoms with Crippen molar-refractivity contribution in [3.63, 3.8) is 0 Å². The largest absolute Gasteiger partial charge is 0.417 e. The van der Waals surface area contributed by atoms with Crippen LogP contribution in [0, 0.1) is 40.4 Å². The Bertz CT molecular complexity index is 887. The second kappa shape index (κ2) is 9.04. The van der Waals surface area contributed by atoms with Crippen LogP contribution >= 0.6 is 0 Å². The highest BCUT2D eigenvalue weighted by Crippen LogP contribution is 2.69. The lowest BCUT2D eigenvalue weighted by atomic mass is 9.43. The van der Waals surface area contributed by atoms with E-state index < -0.39 is 17.9 Å². The maximum absolute atomic E-state index is 13.6. The van der Waals surface area contributed by atoms with Gasteiger partial charge < -0.3 is 10.2 Å². The van der Waals surface area contributed by atoms with Crippen molar-refractivity contribution >= 4 is 0 Å². The van der Waals surface area contributed by atoms with E-state index in [2.05, 4.69) is 13.8 Å². The van der Waals surface area contributed by atoms with Crippen molar-refractivity contribution in [2.75, 3.05) is 0 Å². The summed E-state index contributed by atoms with van der Waals surface area (Å²) in [7, 11) is 0. The number of benzene rings is 1. The monoisotopic (exact) mass is 492 g/mol. The van der Waals surface area contributed by atoms with Gasteiger partial charge in [0.2, 0.25) is 0 Å². The van der Waals surface area contributed by atoms with Gasteiger partial charge in [-0.05, 0) is 117 Å². The Labute approximate surface area is 208 Å². The predicted octanol–water partition coefficient (Wildman–Crippen LogP) is 7.84. The van der Waals surface area contributed by atoms with Gasteiger partial charge in [-0.15, -0.1) is 0 Å². The molecule has 0 amide bonds. The molecule has 35 heavy (non-hydrogen) atoms. The fourth-order valence-corrected chi connectivity index (χ4v) is 9.49. The number of alkyl halides is 3. The van der Waals surface area contributed by atoms with Crippen LogP contribution in [0.3, 0.4) is 0 Å². The van der Waals surface area contributed by atoms with E-state index in [0.29, 0.717) is 35.5 Å². The third-order valence-corrected chi connectivity index (χ3v) is 11.7. The first-order valence-corrected chi connectivity index (χ1v) is 14.0. The first-order chi connectivity index (χ1) is 16.5. The lowest BCUT2D eigenvalue weighted by Gasteiger charge is -2.62. The van der Waals surface area contributed by atoms with Gasteiger partial charge in [0.1, 0.15) is 0 Å². The Morgan fingerprint density at radius 1 is 0.914 bits per heavy atom. The first-order valence-electron chi connectivity index (χ1n) is 14.0. The third-order valence-electron chi connectivity index (χ3n) is 11.7. The molecule has 4 saturated carbocycles. The summed E-state index contributed by atoms with van der Waals surface area (Å²) in [6, 6.07) is 9.92. The van der Waals surface area contributed by atoms with Crippen LogP contribution in [-0.2, 0) is 0 Å². The zero-order valence-corrected chi connectivity index (χ0v) is 21.4. The van der Waals surface area contributed by atoms with Gasteiger partial charge in [-0.3, -0.25) is 0 Å². The van der Waals surface area contributed by atoms with Crippen molar-refractivity contribution in [3.05, 3.63) is 35.9 Å². The Kier molecular flexibility index (Phi) is 6.61. The number of aliphatic hydroxyl groups is 2. The van der Waals surface area contributed by atoms with Gasteiger partial charge in [-0.2, -0.15) is 13.2 Å². The number of hydrogen-bond acceptors (Lipinski definition) is 2. The molecule has 0 radical (unpaired) electrons. The van der Waals surface area contributed by atoms with E-state index in [4.69, 9.17) is 0 Å². The van der Waals surface area contributed by atoms with E-state index in [1.54, 1.807) is 0 Å². The van der Waals surface area contributed by atoms with Crippen LogP contribution in [-0.4, -0.2) is 22.0 Å². The number of halogens is 3. The molecule has 0 saturated heterocycles. The normalized spacial score (nSPS) is 44.3. The van der Waals surface area contributed by atoms with Crippen LogP contribution in [0.15, 0.2) is 30.3 Å². The van der Waals surface area contributed by atoms with Crippen molar-refractivity contribution < 1.29 is 23.4 Å². The molecule has 0 aliphatic heterocycles. The molecule has 1 aromatic rings.